The van der Waals surface area contributed by atoms with E-state index in [1.807, 2.05) is 37.3 Å². The third kappa shape index (κ3) is 4.46. The molecular formula is C17H23N3O4S. The van der Waals surface area contributed by atoms with E-state index in [0.29, 0.717) is 6.54 Å². The Morgan fingerprint density at radius 1 is 1.28 bits per heavy atom. The lowest BCUT2D eigenvalue weighted by Crippen LogP contribution is -2.39. The lowest BCUT2D eigenvalue weighted by molar-refractivity contribution is -0.121. The van der Waals surface area contributed by atoms with Crippen LogP contribution in [0.4, 0.5) is 0 Å². The Bertz CT molecular complexity index is 811. The summed E-state index contributed by atoms with van der Waals surface area (Å²) in [4.78, 5) is 12.1. The van der Waals surface area contributed by atoms with Gasteiger partial charge in [-0.2, -0.15) is 4.31 Å². The number of amides is 1. The fraction of sp³-hybridized carbons (Fsp3) is 0.412. The SMILES string of the molecule is Cc1noc(C)c1S(=O)(=O)N(C)CC(=O)NCC(C)c1ccccc1. The van der Waals surface area contributed by atoms with Crippen LogP contribution < -0.4 is 5.32 Å². The first-order valence-corrected chi connectivity index (χ1v) is 9.38. The van der Waals surface area contributed by atoms with Gasteiger partial charge in [-0.3, -0.25) is 4.79 Å². The number of hydrogen-bond donors (Lipinski definition) is 1. The molecular weight excluding hydrogens is 342 g/mol. The lowest BCUT2D eigenvalue weighted by Gasteiger charge is -2.18. The molecule has 1 atom stereocenters. The standard InChI is InChI=1S/C17H23N3O4S/c1-12(15-8-6-5-7-9-15)10-18-16(21)11-20(4)25(22,23)17-13(2)19-24-14(17)3/h5-9,12H,10-11H2,1-4H3,(H,18,21). The van der Waals surface area contributed by atoms with E-state index in [4.69, 9.17) is 4.52 Å². The zero-order chi connectivity index (χ0) is 18.6. The number of rotatable bonds is 7. The molecule has 0 spiro atoms. The number of carbonyl (C=O) groups is 1. The lowest BCUT2D eigenvalue weighted by atomic mass is 10.0. The Morgan fingerprint density at radius 2 is 1.92 bits per heavy atom. The maximum absolute atomic E-state index is 12.6. The second-order valence-corrected chi connectivity index (χ2v) is 8.01. The number of benzene rings is 1. The molecule has 0 radical (unpaired) electrons. The maximum atomic E-state index is 12.6. The van der Waals surface area contributed by atoms with E-state index in [1.54, 1.807) is 6.92 Å². The van der Waals surface area contributed by atoms with Crippen molar-refractivity contribution in [2.75, 3.05) is 20.1 Å². The van der Waals surface area contributed by atoms with Crippen molar-refractivity contribution in [2.24, 2.45) is 0 Å². The van der Waals surface area contributed by atoms with Gasteiger partial charge in [-0.25, -0.2) is 8.42 Å². The predicted octanol–water partition coefficient (Wildman–Crippen LogP) is 1.83. The van der Waals surface area contributed by atoms with Gasteiger partial charge in [-0.1, -0.05) is 42.4 Å². The van der Waals surface area contributed by atoms with Gasteiger partial charge < -0.3 is 9.84 Å². The molecule has 0 aliphatic heterocycles. The third-order valence-corrected chi connectivity index (χ3v) is 6.02. The van der Waals surface area contributed by atoms with Crippen molar-refractivity contribution in [3.63, 3.8) is 0 Å². The monoisotopic (exact) mass is 365 g/mol. The van der Waals surface area contributed by atoms with Crippen molar-refractivity contribution in [2.45, 2.75) is 31.6 Å². The first-order chi connectivity index (χ1) is 11.7. The van der Waals surface area contributed by atoms with Gasteiger partial charge >= 0.3 is 0 Å². The number of likely N-dealkylation sites (N-methyl/N-ethyl adjacent to an activating group) is 1. The highest BCUT2D eigenvalue weighted by Crippen LogP contribution is 2.22. The summed E-state index contributed by atoms with van der Waals surface area (Å²) in [5.41, 5.74) is 1.39. The van der Waals surface area contributed by atoms with Crippen molar-refractivity contribution in [3.8, 4) is 0 Å². The van der Waals surface area contributed by atoms with Crippen LogP contribution in [-0.4, -0.2) is 43.9 Å². The number of nitrogens with zero attached hydrogens (tertiary/aromatic N) is 2. The van der Waals surface area contributed by atoms with Gasteiger partial charge in [0.1, 0.15) is 10.6 Å². The minimum Gasteiger partial charge on any atom is -0.360 e. The second kappa shape index (κ2) is 7.79. The molecule has 0 bridgehead atoms. The van der Waals surface area contributed by atoms with Gasteiger partial charge in [-0.05, 0) is 25.3 Å². The minimum atomic E-state index is -3.83. The summed E-state index contributed by atoms with van der Waals surface area (Å²) in [5.74, 6) is -0.0160. The molecule has 1 aromatic heterocycles. The first kappa shape index (κ1) is 19.1. The highest BCUT2D eigenvalue weighted by atomic mass is 32.2. The van der Waals surface area contributed by atoms with Crippen LogP contribution in [-0.2, 0) is 14.8 Å². The zero-order valence-corrected chi connectivity index (χ0v) is 15.6. The Labute approximate surface area is 148 Å². The molecule has 7 nitrogen and oxygen atoms in total. The van der Waals surface area contributed by atoms with Crippen molar-refractivity contribution in [3.05, 3.63) is 47.3 Å². The van der Waals surface area contributed by atoms with Crippen LogP contribution >= 0.6 is 0 Å². The smallest absolute Gasteiger partial charge is 0.248 e. The highest BCUT2D eigenvalue weighted by molar-refractivity contribution is 7.89. The summed E-state index contributed by atoms with van der Waals surface area (Å²) < 4.78 is 31.1. The molecule has 136 valence electrons. The highest BCUT2D eigenvalue weighted by Gasteiger charge is 2.29. The number of aromatic nitrogens is 1. The van der Waals surface area contributed by atoms with Crippen molar-refractivity contribution < 1.29 is 17.7 Å². The van der Waals surface area contributed by atoms with E-state index >= 15 is 0 Å². The zero-order valence-electron chi connectivity index (χ0n) is 14.8. The van der Waals surface area contributed by atoms with Crippen molar-refractivity contribution in [1.82, 2.24) is 14.8 Å². The summed E-state index contributed by atoms with van der Waals surface area (Å²) in [6, 6.07) is 9.80. The number of hydrogen-bond acceptors (Lipinski definition) is 5. The third-order valence-electron chi connectivity index (χ3n) is 3.98. The van der Waals surface area contributed by atoms with Crippen molar-refractivity contribution >= 4 is 15.9 Å². The van der Waals surface area contributed by atoms with Gasteiger partial charge in [0.25, 0.3) is 0 Å². The molecule has 1 amide bonds. The normalized spacial score (nSPS) is 13.0. The predicted molar refractivity (Wildman–Crippen MR) is 93.7 cm³/mol. The summed E-state index contributed by atoms with van der Waals surface area (Å²) >= 11 is 0. The topological polar surface area (TPSA) is 92.5 Å². The number of carbonyl (C=O) groups excluding carboxylic acids is 1. The van der Waals surface area contributed by atoms with Crippen LogP contribution in [0, 0.1) is 13.8 Å². The Morgan fingerprint density at radius 3 is 2.48 bits per heavy atom. The average Bonchev–Trinajstić information content (AvgIpc) is 2.92. The molecule has 1 aromatic carbocycles. The van der Waals surface area contributed by atoms with Gasteiger partial charge in [0.2, 0.25) is 15.9 Å². The van der Waals surface area contributed by atoms with Gasteiger partial charge in [0.05, 0.1) is 6.54 Å². The molecule has 0 saturated heterocycles. The van der Waals surface area contributed by atoms with E-state index < -0.39 is 10.0 Å². The fourth-order valence-corrected chi connectivity index (χ4v) is 3.92. The van der Waals surface area contributed by atoms with E-state index in [9.17, 15) is 13.2 Å². The largest absolute Gasteiger partial charge is 0.360 e. The molecule has 0 aliphatic rings. The van der Waals surface area contributed by atoms with Gasteiger partial charge in [0, 0.05) is 13.6 Å². The van der Waals surface area contributed by atoms with Crippen molar-refractivity contribution in [1.29, 1.82) is 0 Å². The van der Waals surface area contributed by atoms with Crippen LogP contribution in [0.1, 0.15) is 29.9 Å². The quantitative estimate of drug-likeness (QED) is 0.808. The van der Waals surface area contributed by atoms with Crippen LogP contribution in [0.25, 0.3) is 0 Å². The van der Waals surface area contributed by atoms with E-state index in [1.165, 1.54) is 14.0 Å². The molecule has 2 rings (SSSR count). The Kier molecular flexibility index (Phi) is 5.97. The maximum Gasteiger partial charge on any atom is 0.248 e. The molecule has 1 heterocycles. The van der Waals surface area contributed by atoms with E-state index in [2.05, 4.69) is 10.5 Å². The molecule has 25 heavy (non-hydrogen) atoms. The molecule has 2 aromatic rings. The Balaban J connectivity index is 1.96. The summed E-state index contributed by atoms with van der Waals surface area (Å²) in [7, 11) is -2.46. The van der Waals surface area contributed by atoms with Gasteiger partial charge in [0.15, 0.2) is 5.76 Å². The summed E-state index contributed by atoms with van der Waals surface area (Å²) in [6.07, 6.45) is 0. The van der Waals surface area contributed by atoms with Gasteiger partial charge in [-0.15, -0.1) is 0 Å². The first-order valence-electron chi connectivity index (χ1n) is 7.94. The van der Waals surface area contributed by atoms with Crippen LogP contribution in [0.2, 0.25) is 0 Å². The second-order valence-electron chi connectivity index (χ2n) is 6.03. The average molecular weight is 365 g/mol. The van der Waals surface area contributed by atoms with E-state index in [0.717, 1.165) is 9.87 Å². The Hall–Kier alpha value is -2.19. The summed E-state index contributed by atoms with van der Waals surface area (Å²) in [5, 5.41) is 6.43. The molecule has 1 N–H and O–H groups in total. The minimum absolute atomic E-state index is 0.0143. The molecule has 0 aliphatic carbocycles. The fourth-order valence-electron chi connectivity index (χ4n) is 2.51. The molecule has 8 heteroatoms. The van der Waals surface area contributed by atoms with Crippen LogP contribution in [0.3, 0.4) is 0 Å². The molecule has 0 fully saturated rings. The van der Waals surface area contributed by atoms with Crippen LogP contribution in [0.15, 0.2) is 39.8 Å². The van der Waals surface area contributed by atoms with E-state index in [-0.39, 0.29) is 34.7 Å². The summed E-state index contributed by atoms with van der Waals surface area (Å²) in [6.45, 7) is 5.25. The number of sulfonamides is 1. The molecule has 0 saturated carbocycles. The molecule has 1 unspecified atom stereocenters. The number of aryl methyl sites for hydroxylation is 2. The number of nitrogens with one attached hydrogen (secondary N) is 1. The van der Waals surface area contributed by atoms with Crippen LogP contribution in [0.5, 0.6) is 0 Å².